The minimum atomic E-state index is -4.78. The van der Waals surface area contributed by atoms with Crippen molar-refractivity contribution in [3.63, 3.8) is 0 Å². The molecule has 1 fully saturated rings. The van der Waals surface area contributed by atoms with Gasteiger partial charge in [-0.15, -0.1) is 0 Å². The van der Waals surface area contributed by atoms with Crippen molar-refractivity contribution in [2.24, 2.45) is 10.6 Å². The lowest BCUT2D eigenvalue weighted by atomic mass is 10.0. The number of rotatable bonds is 5. The van der Waals surface area contributed by atoms with Crippen LogP contribution in [0.3, 0.4) is 0 Å². The Bertz CT molecular complexity index is 637. The van der Waals surface area contributed by atoms with Crippen molar-refractivity contribution in [2.75, 3.05) is 11.9 Å². The lowest BCUT2D eigenvalue weighted by Gasteiger charge is -2.17. The van der Waals surface area contributed by atoms with Crippen LogP contribution in [0, 0.1) is 5.41 Å². The molecule has 0 aliphatic heterocycles. The molecule has 8 heteroatoms. The summed E-state index contributed by atoms with van der Waals surface area (Å²) in [5, 5.41) is 7.78. The second kappa shape index (κ2) is 5.17. The molecule has 0 aromatic heterocycles. The predicted octanol–water partition coefficient (Wildman–Crippen LogP) is 2.95. The molecule has 0 radical (unpaired) electrons. The molecular formula is C13H17F3N2O2S. The smallest absolute Gasteiger partial charge is 0.384 e. The van der Waals surface area contributed by atoms with Gasteiger partial charge in [0.2, 0.25) is 10.0 Å². The molecule has 1 aliphatic carbocycles. The first-order valence-electron chi connectivity index (χ1n) is 6.55. The van der Waals surface area contributed by atoms with Crippen molar-refractivity contribution in [1.82, 2.24) is 0 Å². The zero-order chi connectivity index (χ0) is 15.9. The average molecular weight is 322 g/mol. The first-order chi connectivity index (χ1) is 9.57. The average Bonchev–Trinajstić information content (AvgIpc) is 3.14. The van der Waals surface area contributed by atoms with Crippen LogP contribution >= 0.6 is 0 Å². The van der Waals surface area contributed by atoms with Crippen LogP contribution < -0.4 is 10.5 Å². The van der Waals surface area contributed by atoms with Crippen molar-refractivity contribution in [1.29, 1.82) is 0 Å². The Morgan fingerprint density at radius 2 is 1.95 bits per heavy atom. The van der Waals surface area contributed by atoms with Crippen molar-refractivity contribution in [3.05, 3.63) is 23.8 Å². The summed E-state index contributed by atoms with van der Waals surface area (Å²) in [6, 6.07) is 3.00. The van der Waals surface area contributed by atoms with Crippen LogP contribution in [-0.2, 0) is 16.2 Å². The molecule has 3 N–H and O–H groups in total. The van der Waals surface area contributed by atoms with Crippen LogP contribution in [0.25, 0.3) is 0 Å². The SMILES string of the molecule is CCC1(CNc2ccc(S(N)(=O)=O)c(C(F)(F)F)c2)CC1. The molecule has 118 valence electrons. The van der Waals surface area contributed by atoms with Crippen molar-refractivity contribution in [2.45, 2.75) is 37.3 Å². The Labute approximate surface area is 121 Å². The van der Waals surface area contributed by atoms with Gasteiger partial charge in [0, 0.05) is 12.2 Å². The van der Waals surface area contributed by atoms with Crippen molar-refractivity contribution in [3.8, 4) is 0 Å². The fraction of sp³-hybridized carbons (Fsp3) is 0.538. The third-order valence-corrected chi connectivity index (χ3v) is 4.94. The lowest BCUT2D eigenvalue weighted by molar-refractivity contribution is -0.139. The van der Waals surface area contributed by atoms with Gasteiger partial charge < -0.3 is 5.32 Å². The number of primary sulfonamides is 1. The highest BCUT2D eigenvalue weighted by Crippen LogP contribution is 2.48. The second-order valence-corrected chi connectivity index (χ2v) is 6.99. The van der Waals surface area contributed by atoms with Crippen molar-refractivity contribution >= 4 is 15.7 Å². The van der Waals surface area contributed by atoms with Gasteiger partial charge in [0.05, 0.1) is 10.5 Å². The number of benzene rings is 1. The summed E-state index contributed by atoms with van der Waals surface area (Å²) in [4.78, 5) is -0.905. The zero-order valence-electron chi connectivity index (χ0n) is 11.5. The Morgan fingerprint density at radius 1 is 1.33 bits per heavy atom. The lowest BCUT2D eigenvalue weighted by Crippen LogP contribution is -2.20. The van der Waals surface area contributed by atoms with Gasteiger partial charge in [-0.25, -0.2) is 13.6 Å². The van der Waals surface area contributed by atoms with Crippen LogP contribution in [0.5, 0.6) is 0 Å². The van der Waals surface area contributed by atoms with Gasteiger partial charge >= 0.3 is 6.18 Å². The number of alkyl halides is 3. The summed E-state index contributed by atoms with van der Waals surface area (Å²) in [6.07, 6.45) is -1.71. The first kappa shape index (κ1) is 16.1. The molecule has 0 saturated heterocycles. The molecular weight excluding hydrogens is 305 g/mol. The van der Waals surface area contributed by atoms with Gasteiger partial charge in [0.25, 0.3) is 0 Å². The molecule has 0 unspecified atom stereocenters. The van der Waals surface area contributed by atoms with E-state index in [0.717, 1.165) is 31.4 Å². The summed E-state index contributed by atoms with van der Waals surface area (Å²) in [5.41, 5.74) is -0.831. The van der Waals surface area contributed by atoms with Crippen LogP contribution in [0.15, 0.2) is 23.1 Å². The molecule has 0 atom stereocenters. The molecule has 1 aromatic carbocycles. The number of hydrogen-bond donors (Lipinski definition) is 2. The summed E-state index contributed by atoms with van der Waals surface area (Å²) >= 11 is 0. The van der Waals surface area contributed by atoms with Crippen LogP contribution in [0.4, 0.5) is 18.9 Å². The van der Waals surface area contributed by atoms with E-state index in [1.807, 2.05) is 6.92 Å². The fourth-order valence-corrected chi connectivity index (χ4v) is 2.97. The van der Waals surface area contributed by atoms with Gasteiger partial charge in [-0.2, -0.15) is 13.2 Å². The first-order valence-corrected chi connectivity index (χ1v) is 8.10. The molecule has 0 bridgehead atoms. The number of anilines is 1. The number of sulfonamides is 1. The summed E-state index contributed by atoms with van der Waals surface area (Å²) < 4.78 is 61.4. The van der Waals surface area contributed by atoms with Gasteiger partial charge in [-0.05, 0) is 42.9 Å². The van der Waals surface area contributed by atoms with E-state index in [-0.39, 0.29) is 11.1 Å². The summed E-state index contributed by atoms with van der Waals surface area (Å²) in [6.45, 7) is 2.62. The standard InChI is InChI=1S/C13H17F3N2O2S/c1-2-12(5-6-12)8-18-9-3-4-11(21(17,19)20)10(7-9)13(14,15)16/h3-4,7,18H,2,5-6,8H2,1H3,(H2,17,19,20). The van der Waals surface area contributed by atoms with E-state index >= 15 is 0 Å². The maximum atomic E-state index is 13.0. The highest BCUT2D eigenvalue weighted by molar-refractivity contribution is 7.89. The minimum absolute atomic E-state index is 0.164. The topological polar surface area (TPSA) is 72.2 Å². The van der Waals surface area contributed by atoms with E-state index < -0.39 is 26.7 Å². The highest BCUT2D eigenvalue weighted by Gasteiger charge is 2.40. The molecule has 2 rings (SSSR count). The third kappa shape index (κ3) is 3.68. The normalized spacial score (nSPS) is 17.6. The maximum absolute atomic E-state index is 13.0. The number of halogens is 3. The zero-order valence-corrected chi connectivity index (χ0v) is 12.3. The minimum Gasteiger partial charge on any atom is -0.384 e. The monoisotopic (exact) mass is 322 g/mol. The summed E-state index contributed by atoms with van der Waals surface area (Å²) in [7, 11) is -4.42. The fourth-order valence-electron chi connectivity index (χ4n) is 2.23. The van der Waals surface area contributed by atoms with Gasteiger partial charge in [-0.3, -0.25) is 0 Å². The van der Waals surface area contributed by atoms with E-state index in [0.29, 0.717) is 6.54 Å². The Kier molecular flexibility index (Phi) is 3.96. The van der Waals surface area contributed by atoms with Gasteiger partial charge in [0.1, 0.15) is 0 Å². The molecule has 4 nitrogen and oxygen atoms in total. The number of nitrogens with one attached hydrogen (secondary N) is 1. The van der Waals surface area contributed by atoms with E-state index in [2.05, 4.69) is 5.32 Å². The van der Waals surface area contributed by atoms with E-state index in [1.54, 1.807) is 0 Å². The second-order valence-electron chi connectivity index (χ2n) is 5.46. The van der Waals surface area contributed by atoms with Gasteiger partial charge in [0.15, 0.2) is 0 Å². The number of hydrogen-bond acceptors (Lipinski definition) is 3. The Balaban J connectivity index is 2.29. The van der Waals surface area contributed by atoms with Crippen molar-refractivity contribution < 1.29 is 21.6 Å². The Hall–Kier alpha value is -1.28. The van der Waals surface area contributed by atoms with Crippen LogP contribution in [-0.4, -0.2) is 15.0 Å². The molecule has 1 aliphatic rings. The Morgan fingerprint density at radius 3 is 2.38 bits per heavy atom. The third-order valence-electron chi connectivity index (χ3n) is 3.97. The van der Waals surface area contributed by atoms with E-state index in [9.17, 15) is 21.6 Å². The number of nitrogens with two attached hydrogens (primary N) is 1. The highest BCUT2D eigenvalue weighted by atomic mass is 32.2. The van der Waals surface area contributed by atoms with Crippen LogP contribution in [0.2, 0.25) is 0 Å². The quantitative estimate of drug-likeness (QED) is 0.875. The maximum Gasteiger partial charge on any atom is 0.417 e. The molecule has 0 amide bonds. The van der Waals surface area contributed by atoms with Crippen LogP contribution in [0.1, 0.15) is 31.7 Å². The van der Waals surface area contributed by atoms with E-state index in [4.69, 9.17) is 5.14 Å². The molecule has 1 saturated carbocycles. The molecule has 21 heavy (non-hydrogen) atoms. The molecule has 1 aromatic rings. The van der Waals surface area contributed by atoms with E-state index in [1.165, 1.54) is 6.07 Å². The van der Waals surface area contributed by atoms with Gasteiger partial charge in [-0.1, -0.05) is 6.92 Å². The largest absolute Gasteiger partial charge is 0.417 e. The molecule has 0 spiro atoms. The summed E-state index contributed by atoms with van der Waals surface area (Å²) in [5.74, 6) is 0. The predicted molar refractivity (Wildman–Crippen MR) is 73.3 cm³/mol. The molecule has 0 heterocycles.